The molecule has 55 heavy (non-hydrogen) atoms. The molecule has 0 aromatic rings. The molecule has 0 aromatic heterocycles. The molecule has 8 nitrogen and oxygen atoms in total. The molecule has 0 saturated carbocycles. The predicted octanol–water partition coefficient (Wildman–Crippen LogP) is 10.7. The molecule has 0 bridgehead atoms. The van der Waals surface area contributed by atoms with Crippen molar-refractivity contribution in [2.75, 3.05) is 41.0 Å². The molecule has 0 amide bonds. The molecular weight excluding hydrogens is 691 g/mol. The molecule has 0 aliphatic rings. The van der Waals surface area contributed by atoms with Crippen LogP contribution in [-0.2, 0) is 28.6 Å². The fourth-order valence-corrected chi connectivity index (χ4v) is 6.30. The van der Waals surface area contributed by atoms with Crippen molar-refractivity contribution in [2.45, 2.75) is 193 Å². The number of likely N-dealkylation sites (N-methyl/N-ethyl adjacent to an activating group) is 1. The van der Waals surface area contributed by atoms with E-state index >= 15 is 0 Å². The smallest absolute Gasteiger partial charge is 0.306 e. The number of aliphatic carboxylic acids is 1. The largest absolute Gasteiger partial charge is 0.544 e. The molecule has 2 atom stereocenters. The van der Waals surface area contributed by atoms with E-state index in [-0.39, 0.29) is 42.7 Å². The predicted molar refractivity (Wildman–Crippen MR) is 226 cm³/mol. The molecule has 0 heterocycles. The molecule has 8 heteroatoms. The maximum Gasteiger partial charge on any atom is 0.306 e. The van der Waals surface area contributed by atoms with E-state index in [1.807, 2.05) is 0 Å². The number of nitrogens with zero attached hydrogens (tertiary/aromatic N) is 1. The van der Waals surface area contributed by atoms with Crippen LogP contribution in [0.25, 0.3) is 0 Å². The number of esters is 2. The fourth-order valence-electron chi connectivity index (χ4n) is 6.30. The summed E-state index contributed by atoms with van der Waals surface area (Å²) in [6, 6.07) is -0.725. The molecule has 0 aliphatic carbocycles. The minimum Gasteiger partial charge on any atom is -0.544 e. The third-order valence-corrected chi connectivity index (χ3v) is 9.73. The fraction of sp³-hybridized carbons (Fsp3) is 0.766. The number of carbonyl (C=O) groups excluding carboxylic acids is 3. The van der Waals surface area contributed by atoms with E-state index in [1.54, 1.807) is 21.1 Å². The number of hydrogen-bond acceptors (Lipinski definition) is 7. The van der Waals surface area contributed by atoms with Crippen molar-refractivity contribution in [3.05, 3.63) is 48.6 Å². The zero-order chi connectivity index (χ0) is 40.7. The summed E-state index contributed by atoms with van der Waals surface area (Å²) in [6.07, 6.45) is 44.3. The van der Waals surface area contributed by atoms with Crippen molar-refractivity contribution in [1.82, 2.24) is 0 Å². The quantitative estimate of drug-likeness (QED) is 0.0265. The van der Waals surface area contributed by atoms with Gasteiger partial charge in [0.05, 0.1) is 40.3 Å². The van der Waals surface area contributed by atoms with Gasteiger partial charge in [-0.05, 0) is 51.4 Å². The van der Waals surface area contributed by atoms with Crippen LogP contribution in [0.3, 0.4) is 0 Å². The van der Waals surface area contributed by atoms with Crippen LogP contribution in [-0.4, -0.2) is 75.5 Å². The summed E-state index contributed by atoms with van der Waals surface area (Å²) in [6.45, 7) is 4.51. The Morgan fingerprint density at radius 2 is 1.02 bits per heavy atom. The maximum absolute atomic E-state index is 12.7. The van der Waals surface area contributed by atoms with Gasteiger partial charge in [0.2, 0.25) is 0 Å². The zero-order valence-electron chi connectivity index (χ0n) is 36.1. The standard InChI is InChI=1S/C47H83NO7/c1-6-8-10-12-14-16-17-18-19-20-21-22-23-24-25-26-27-28-29-30-32-34-36-38-46(50)55-43(41-53-40-39-44(47(51)52)48(3,4)5)42-54-45(49)37-35-33-31-15-13-11-9-7-2/h8,10,14,16,18-19,21-22,43-44H,6-7,9,11-13,15,17,20,23-42H2,1-5H3/b10-8+,16-14+,19-18+,22-21+. The van der Waals surface area contributed by atoms with Crippen molar-refractivity contribution in [2.24, 2.45) is 0 Å². The maximum atomic E-state index is 12.7. The monoisotopic (exact) mass is 774 g/mol. The highest BCUT2D eigenvalue weighted by Gasteiger charge is 2.25. The van der Waals surface area contributed by atoms with E-state index < -0.39 is 18.1 Å². The highest BCUT2D eigenvalue weighted by Crippen LogP contribution is 2.14. The first-order valence-corrected chi connectivity index (χ1v) is 22.2. The number of quaternary nitrogens is 1. The number of rotatable bonds is 39. The Kier molecular flexibility index (Phi) is 36.3. The number of allylic oxidation sites excluding steroid dienone is 8. The summed E-state index contributed by atoms with van der Waals surface area (Å²) in [5, 5.41) is 11.6. The summed E-state index contributed by atoms with van der Waals surface area (Å²) < 4.78 is 17.1. The van der Waals surface area contributed by atoms with E-state index in [1.165, 1.54) is 83.5 Å². The highest BCUT2D eigenvalue weighted by molar-refractivity contribution is 5.70. The lowest BCUT2D eigenvalue weighted by atomic mass is 10.0. The van der Waals surface area contributed by atoms with E-state index in [4.69, 9.17) is 14.2 Å². The van der Waals surface area contributed by atoms with Gasteiger partial charge < -0.3 is 28.6 Å². The van der Waals surface area contributed by atoms with Gasteiger partial charge in [0.1, 0.15) is 12.6 Å². The highest BCUT2D eigenvalue weighted by atomic mass is 16.6. The molecule has 0 aliphatic heterocycles. The topological polar surface area (TPSA) is 102 Å². The summed E-state index contributed by atoms with van der Waals surface area (Å²) in [5.74, 6) is -1.74. The molecule has 0 N–H and O–H groups in total. The van der Waals surface area contributed by atoms with Crippen molar-refractivity contribution in [1.29, 1.82) is 0 Å². The Morgan fingerprint density at radius 3 is 1.51 bits per heavy atom. The van der Waals surface area contributed by atoms with Gasteiger partial charge in [-0.2, -0.15) is 0 Å². The molecule has 0 rings (SSSR count). The van der Waals surface area contributed by atoms with Gasteiger partial charge >= 0.3 is 11.9 Å². The second-order valence-electron chi connectivity index (χ2n) is 15.9. The average Bonchev–Trinajstić information content (AvgIpc) is 3.14. The van der Waals surface area contributed by atoms with Crippen molar-refractivity contribution in [3.8, 4) is 0 Å². The normalized spacial score (nSPS) is 13.4. The number of hydrogen-bond donors (Lipinski definition) is 0. The zero-order valence-corrected chi connectivity index (χ0v) is 36.1. The van der Waals surface area contributed by atoms with E-state index in [2.05, 4.69) is 62.5 Å². The number of carboxylic acids is 1. The van der Waals surface area contributed by atoms with Crippen molar-refractivity contribution >= 4 is 17.9 Å². The first kappa shape index (κ1) is 52.3. The lowest BCUT2D eigenvalue weighted by Crippen LogP contribution is -2.55. The summed E-state index contributed by atoms with van der Waals surface area (Å²) >= 11 is 0. The van der Waals surface area contributed by atoms with Gasteiger partial charge in [-0.3, -0.25) is 9.59 Å². The lowest BCUT2D eigenvalue weighted by Gasteiger charge is -2.34. The van der Waals surface area contributed by atoms with Crippen LogP contribution in [0.5, 0.6) is 0 Å². The number of ether oxygens (including phenoxy) is 3. The number of carboxylic acid groups (broad SMARTS) is 1. The molecule has 0 saturated heterocycles. The molecule has 0 fully saturated rings. The van der Waals surface area contributed by atoms with Crippen LogP contribution in [0.2, 0.25) is 0 Å². The SMILES string of the molecule is CC/C=C/C/C=C/C/C=C/C/C=C/CCCCCCCCCCCCC(=O)OC(COCCC(C(=O)[O-])[N+](C)(C)C)COC(=O)CCCCCCCCCC. The van der Waals surface area contributed by atoms with Gasteiger partial charge in [0.15, 0.2) is 6.10 Å². The van der Waals surface area contributed by atoms with Crippen LogP contribution in [0.4, 0.5) is 0 Å². The number of unbranched alkanes of at least 4 members (excludes halogenated alkanes) is 17. The van der Waals surface area contributed by atoms with Crippen LogP contribution in [0.1, 0.15) is 181 Å². The first-order chi connectivity index (χ1) is 26.6. The Balaban J connectivity index is 4.20. The molecule has 2 unspecified atom stereocenters. The Labute approximate surface area is 337 Å². The van der Waals surface area contributed by atoms with Gasteiger partial charge in [-0.1, -0.05) is 159 Å². The molecule has 318 valence electrons. The molecule has 0 spiro atoms. The summed E-state index contributed by atoms with van der Waals surface area (Å²) in [5.41, 5.74) is 0. The Morgan fingerprint density at radius 1 is 0.564 bits per heavy atom. The van der Waals surface area contributed by atoms with Gasteiger partial charge in [-0.15, -0.1) is 0 Å². The van der Waals surface area contributed by atoms with E-state index in [0.29, 0.717) is 12.8 Å². The van der Waals surface area contributed by atoms with E-state index in [9.17, 15) is 19.5 Å². The first-order valence-electron chi connectivity index (χ1n) is 22.2. The Hall–Kier alpha value is -2.71. The Bertz CT molecular complexity index is 1040. The van der Waals surface area contributed by atoms with Gasteiger partial charge in [0, 0.05) is 19.3 Å². The molecule has 0 radical (unpaired) electrons. The van der Waals surface area contributed by atoms with Crippen molar-refractivity contribution < 1.29 is 38.2 Å². The third kappa shape index (κ3) is 36.7. The average molecular weight is 774 g/mol. The lowest BCUT2D eigenvalue weighted by molar-refractivity contribution is -0.889. The second kappa shape index (κ2) is 38.2. The summed E-state index contributed by atoms with van der Waals surface area (Å²) in [7, 11) is 5.40. The van der Waals surface area contributed by atoms with Crippen LogP contribution in [0, 0.1) is 0 Å². The third-order valence-electron chi connectivity index (χ3n) is 9.73. The van der Waals surface area contributed by atoms with E-state index in [0.717, 1.165) is 64.2 Å². The molecule has 0 aromatic carbocycles. The van der Waals surface area contributed by atoms with Crippen molar-refractivity contribution in [3.63, 3.8) is 0 Å². The summed E-state index contributed by atoms with van der Waals surface area (Å²) in [4.78, 5) is 36.7. The minimum atomic E-state index is -1.13. The van der Waals surface area contributed by atoms with Crippen LogP contribution >= 0.6 is 0 Å². The van der Waals surface area contributed by atoms with Crippen LogP contribution in [0.15, 0.2) is 48.6 Å². The minimum absolute atomic E-state index is 0.0398. The van der Waals surface area contributed by atoms with Gasteiger partial charge in [-0.25, -0.2) is 0 Å². The number of carbonyl (C=O) groups is 3. The van der Waals surface area contributed by atoms with Gasteiger partial charge in [0.25, 0.3) is 0 Å². The van der Waals surface area contributed by atoms with Crippen LogP contribution < -0.4 is 5.11 Å². The molecular formula is C47H83NO7. The second-order valence-corrected chi connectivity index (χ2v) is 15.9.